The van der Waals surface area contributed by atoms with Gasteiger partial charge in [-0.2, -0.15) is 0 Å². The molecule has 0 bridgehead atoms. The lowest BCUT2D eigenvalue weighted by Gasteiger charge is -2.11. The van der Waals surface area contributed by atoms with Gasteiger partial charge in [-0.15, -0.1) is 12.4 Å². The normalized spacial score (nSPS) is 17.0. The number of halogens is 2. The standard InChI is InChI=1S/C14H18FN3O2.ClH/c1-9(19)17-13-7-11(4-5-12(13)15)18-14(20)8-10-3-2-6-16-10;/h4-5,7,10,16H,2-3,6,8H2,1H3,(H,17,19)(H,18,20);1H. The summed E-state index contributed by atoms with van der Waals surface area (Å²) in [6, 6.07) is 4.32. The molecule has 0 aromatic heterocycles. The average molecular weight is 316 g/mol. The van der Waals surface area contributed by atoms with Gasteiger partial charge in [0.1, 0.15) is 5.82 Å². The number of hydrogen-bond donors (Lipinski definition) is 3. The van der Waals surface area contributed by atoms with E-state index in [1.807, 2.05) is 0 Å². The summed E-state index contributed by atoms with van der Waals surface area (Å²) in [4.78, 5) is 22.8. The number of rotatable bonds is 4. The van der Waals surface area contributed by atoms with Crippen LogP contribution in [0.2, 0.25) is 0 Å². The Labute approximate surface area is 129 Å². The second-order valence-electron chi connectivity index (χ2n) is 4.92. The molecule has 1 aliphatic heterocycles. The lowest BCUT2D eigenvalue weighted by Crippen LogP contribution is -2.27. The molecule has 0 spiro atoms. The van der Waals surface area contributed by atoms with E-state index in [4.69, 9.17) is 0 Å². The summed E-state index contributed by atoms with van der Waals surface area (Å²) in [5, 5.41) is 8.34. The molecule has 116 valence electrons. The Morgan fingerprint density at radius 3 is 2.76 bits per heavy atom. The molecule has 5 nitrogen and oxygen atoms in total. The minimum atomic E-state index is -0.532. The van der Waals surface area contributed by atoms with E-state index in [1.165, 1.54) is 25.1 Å². The van der Waals surface area contributed by atoms with E-state index in [0.717, 1.165) is 19.4 Å². The van der Waals surface area contributed by atoms with Gasteiger partial charge in [0.15, 0.2) is 0 Å². The Morgan fingerprint density at radius 1 is 1.38 bits per heavy atom. The van der Waals surface area contributed by atoms with E-state index >= 15 is 0 Å². The van der Waals surface area contributed by atoms with Crippen LogP contribution in [0.5, 0.6) is 0 Å². The van der Waals surface area contributed by atoms with Crippen LogP contribution in [0.15, 0.2) is 18.2 Å². The number of hydrogen-bond acceptors (Lipinski definition) is 3. The minimum Gasteiger partial charge on any atom is -0.326 e. The molecular weight excluding hydrogens is 297 g/mol. The molecule has 1 saturated heterocycles. The first-order valence-electron chi connectivity index (χ1n) is 6.65. The molecule has 1 aromatic carbocycles. The maximum Gasteiger partial charge on any atom is 0.225 e. The van der Waals surface area contributed by atoms with Crippen molar-refractivity contribution in [2.45, 2.75) is 32.2 Å². The van der Waals surface area contributed by atoms with Crippen LogP contribution in [0.4, 0.5) is 15.8 Å². The van der Waals surface area contributed by atoms with E-state index in [9.17, 15) is 14.0 Å². The highest BCUT2D eigenvalue weighted by atomic mass is 35.5. The predicted molar refractivity (Wildman–Crippen MR) is 82.2 cm³/mol. The molecule has 3 N–H and O–H groups in total. The molecule has 0 aliphatic carbocycles. The molecule has 7 heteroatoms. The fraction of sp³-hybridized carbons (Fsp3) is 0.429. The number of carbonyl (C=O) groups excluding carboxylic acids is 2. The van der Waals surface area contributed by atoms with Crippen LogP contribution in [0, 0.1) is 5.82 Å². The fourth-order valence-corrected chi connectivity index (χ4v) is 2.26. The highest BCUT2D eigenvalue weighted by Gasteiger charge is 2.17. The maximum atomic E-state index is 13.5. The van der Waals surface area contributed by atoms with Gasteiger partial charge in [-0.25, -0.2) is 4.39 Å². The highest BCUT2D eigenvalue weighted by Crippen LogP contribution is 2.20. The zero-order valence-electron chi connectivity index (χ0n) is 11.7. The average Bonchev–Trinajstić information content (AvgIpc) is 2.85. The SMILES string of the molecule is CC(=O)Nc1cc(NC(=O)CC2CCCN2)ccc1F.Cl. The lowest BCUT2D eigenvalue weighted by atomic mass is 10.1. The summed E-state index contributed by atoms with van der Waals surface area (Å²) in [6.07, 6.45) is 2.47. The maximum absolute atomic E-state index is 13.5. The first kappa shape index (κ1) is 17.4. The molecule has 1 aromatic rings. The molecule has 0 saturated carbocycles. The van der Waals surface area contributed by atoms with Crippen molar-refractivity contribution >= 4 is 35.6 Å². The molecule has 2 amide bonds. The molecule has 21 heavy (non-hydrogen) atoms. The number of carbonyl (C=O) groups is 2. The van der Waals surface area contributed by atoms with Gasteiger partial charge >= 0.3 is 0 Å². The van der Waals surface area contributed by atoms with E-state index in [0.29, 0.717) is 12.1 Å². The van der Waals surface area contributed by atoms with Crippen LogP contribution in [-0.4, -0.2) is 24.4 Å². The van der Waals surface area contributed by atoms with Crippen LogP contribution in [0.3, 0.4) is 0 Å². The van der Waals surface area contributed by atoms with Gasteiger partial charge in [0, 0.05) is 25.1 Å². The predicted octanol–water partition coefficient (Wildman–Crippen LogP) is 2.29. The second kappa shape index (κ2) is 7.95. The third-order valence-electron chi connectivity index (χ3n) is 3.15. The van der Waals surface area contributed by atoms with Crippen LogP contribution in [0.1, 0.15) is 26.2 Å². The Kier molecular flexibility index (Phi) is 6.58. The number of anilines is 2. The van der Waals surface area contributed by atoms with Gasteiger partial charge in [-0.05, 0) is 37.6 Å². The van der Waals surface area contributed by atoms with Crippen molar-refractivity contribution in [1.29, 1.82) is 0 Å². The zero-order valence-corrected chi connectivity index (χ0v) is 12.6. The smallest absolute Gasteiger partial charge is 0.225 e. The summed E-state index contributed by atoms with van der Waals surface area (Å²) < 4.78 is 13.5. The Bertz CT molecular complexity index is 519. The molecule has 1 heterocycles. The Morgan fingerprint density at radius 2 is 2.14 bits per heavy atom. The van der Waals surface area contributed by atoms with Crippen LogP contribution >= 0.6 is 12.4 Å². The number of benzene rings is 1. The fourth-order valence-electron chi connectivity index (χ4n) is 2.26. The van der Waals surface area contributed by atoms with E-state index < -0.39 is 5.82 Å². The molecule has 1 unspecified atom stereocenters. The largest absolute Gasteiger partial charge is 0.326 e. The Hall–Kier alpha value is -1.66. The van der Waals surface area contributed by atoms with Gasteiger partial charge in [0.25, 0.3) is 0 Å². The quantitative estimate of drug-likeness (QED) is 0.798. The summed E-state index contributed by atoms with van der Waals surface area (Å²) in [6.45, 7) is 2.25. The monoisotopic (exact) mass is 315 g/mol. The van der Waals surface area contributed by atoms with E-state index in [-0.39, 0.29) is 36.0 Å². The summed E-state index contributed by atoms with van der Waals surface area (Å²) in [5.74, 6) is -1.01. The summed E-state index contributed by atoms with van der Waals surface area (Å²) in [7, 11) is 0. The van der Waals surface area contributed by atoms with Crippen LogP contribution in [-0.2, 0) is 9.59 Å². The molecule has 0 radical (unpaired) electrons. The minimum absolute atomic E-state index is 0. The topological polar surface area (TPSA) is 70.2 Å². The third-order valence-corrected chi connectivity index (χ3v) is 3.15. The number of nitrogens with one attached hydrogen (secondary N) is 3. The van der Waals surface area contributed by atoms with Gasteiger partial charge in [-0.3, -0.25) is 9.59 Å². The first-order chi connectivity index (χ1) is 9.54. The molecular formula is C14H19ClFN3O2. The lowest BCUT2D eigenvalue weighted by molar-refractivity contribution is -0.116. The Balaban J connectivity index is 0.00000220. The second-order valence-corrected chi connectivity index (χ2v) is 4.92. The van der Waals surface area contributed by atoms with Crippen molar-refractivity contribution in [2.75, 3.05) is 17.2 Å². The van der Waals surface area contributed by atoms with Crippen molar-refractivity contribution in [3.8, 4) is 0 Å². The van der Waals surface area contributed by atoms with Crippen molar-refractivity contribution in [3.05, 3.63) is 24.0 Å². The van der Waals surface area contributed by atoms with Gasteiger partial charge in [-0.1, -0.05) is 0 Å². The van der Waals surface area contributed by atoms with Gasteiger partial charge < -0.3 is 16.0 Å². The van der Waals surface area contributed by atoms with Crippen molar-refractivity contribution in [3.63, 3.8) is 0 Å². The molecule has 1 atom stereocenters. The van der Waals surface area contributed by atoms with Crippen molar-refractivity contribution < 1.29 is 14.0 Å². The molecule has 2 rings (SSSR count). The van der Waals surface area contributed by atoms with Crippen molar-refractivity contribution in [2.24, 2.45) is 0 Å². The molecule has 1 fully saturated rings. The summed E-state index contributed by atoms with van der Waals surface area (Å²) >= 11 is 0. The number of amides is 2. The summed E-state index contributed by atoms with van der Waals surface area (Å²) in [5.41, 5.74) is 0.535. The first-order valence-corrected chi connectivity index (χ1v) is 6.65. The van der Waals surface area contributed by atoms with Crippen LogP contribution in [0.25, 0.3) is 0 Å². The zero-order chi connectivity index (χ0) is 14.5. The van der Waals surface area contributed by atoms with Gasteiger partial charge in [0.2, 0.25) is 11.8 Å². The third kappa shape index (κ3) is 5.32. The van der Waals surface area contributed by atoms with E-state index in [2.05, 4.69) is 16.0 Å². The molecule has 1 aliphatic rings. The van der Waals surface area contributed by atoms with Gasteiger partial charge in [0.05, 0.1) is 5.69 Å². The highest BCUT2D eigenvalue weighted by molar-refractivity contribution is 5.93. The van der Waals surface area contributed by atoms with E-state index in [1.54, 1.807) is 0 Å². The van der Waals surface area contributed by atoms with Crippen LogP contribution < -0.4 is 16.0 Å². The van der Waals surface area contributed by atoms with Crippen molar-refractivity contribution in [1.82, 2.24) is 5.32 Å².